The molecule has 0 N–H and O–H groups in total. The lowest BCUT2D eigenvalue weighted by Gasteiger charge is -2.21. The molecule has 3 rings (SSSR count). The molecule has 0 aliphatic heterocycles. The smallest absolute Gasteiger partial charge is 0.238 e. The molecule has 32 heavy (non-hydrogen) atoms. The number of imidazole rings is 1. The molecule has 2 radical (unpaired) electrons. The van der Waals surface area contributed by atoms with Crippen LogP contribution in [0.25, 0.3) is 11.3 Å². The highest BCUT2D eigenvalue weighted by Crippen LogP contribution is 2.41. The molecule has 2 aromatic rings. The van der Waals surface area contributed by atoms with Crippen molar-refractivity contribution in [2.75, 3.05) is 4.81 Å². The third kappa shape index (κ3) is 5.17. The Morgan fingerprint density at radius 1 is 1.25 bits per heavy atom. The van der Waals surface area contributed by atoms with Gasteiger partial charge in [-0.3, -0.25) is 4.57 Å². The third-order valence-corrected chi connectivity index (χ3v) is 6.44. The second-order valence-corrected chi connectivity index (χ2v) is 9.12. The van der Waals surface area contributed by atoms with Crippen molar-refractivity contribution in [3.8, 4) is 5.69 Å². The van der Waals surface area contributed by atoms with Crippen LogP contribution in [0.15, 0.2) is 72.2 Å². The van der Waals surface area contributed by atoms with E-state index in [0.29, 0.717) is 17.8 Å². The third-order valence-electron chi connectivity index (χ3n) is 6.44. The first-order valence-electron chi connectivity index (χ1n) is 11.7. The van der Waals surface area contributed by atoms with Crippen molar-refractivity contribution in [2.24, 2.45) is 11.8 Å². The number of nitrogens with zero attached hydrogens (tertiary/aromatic N) is 3. The molecule has 3 nitrogen and oxygen atoms in total. The van der Waals surface area contributed by atoms with Gasteiger partial charge in [-0.1, -0.05) is 69.2 Å². The standard InChI is InChI=1S/C28H36BN3/c1-8-10-23(9-2)24-11-12-27(25(18-24)19(3)4)31-16-14-30-28(31)32(29)15-13-20(5)22(7)26-17-21(26)6/h8-16,18-21H,17H2,1-7H3/b10-8-,15-13-,23-9+,26-22-. The number of hydrogen-bond donors (Lipinski definition) is 0. The molecular formula is C28H36BN3. The van der Waals surface area contributed by atoms with E-state index in [2.05, 4.69) is 93.6 Å². The van der Waals surface area contributed by atoms with E-state index in [1.807, 2.05) is 19.3 Å². The van der Waals surface area contributed by atoms with Gasteiger partial charge in [0.25, 0.3) is 0 Å². The van der Waals surface area contributed by atoms with Crippen LogP contribution >= 0.6 is 0 Å². The van der Waals surface area contributed by atoms with Gasteiger partial charge in [0.2, 0.25) is 13.9 Å². The zero-order chi connectivity index (χ0) is 23.4. The van der Waals surface area contributed by atoms with E-state index in [1.165, 1.54) is 28.7 Å². The van der Waals surface area contributed by atoms with Crippen LogP contribution in [0.5, 0.6) is 0 Å². The second kappa shape index (κ2) is 10.2. The first kappa shape index (κ1) is 23.9. The molecule has 1 fully saturated rings. The van der Waals surface area contributed by atoms with Crippen molar-refractivity contribution in [1.82, 2.24) is 9.55 Å². The topological polar surface area (TPSA) is 21.1 Å². The van der Waals surface area contributed by atoms with Gasteiger partial charge < -0.3 is 4.81 Å². The normalized spacial score (nSPS) is 19.2. The van der Waals surface area contributed by atoms with Crippen LogP contribution < -0.4 is 4.81 Å². The van der Waals surface area contributed by atoms with E-state index in [1.54, 1.807) is 16.6 Å². The SMILES string of the molecule is [B]N(/C=C\C(C)/C(C)=C1/CC1C)c1nccn1-c1ccc(C(/C=C\C)=C/C)cc1C(C)C. The molecule has 2 unspecified atom stereocenters. The number of allylic oxidation sites excluding steroid dienone is 7. The summed E-state index contributed by atoms with van der Waals surface area (Å²) in [5.74, 6) is 2.17. The first-order chi connectivity index (χ1) is 15.3. The lowest BCUT2D eigenvalue weighted by Crippen LogP contribution is -2.17. The summed E-state index contributed by atoms with van der Waals surface area (Å²) < 4.78 is 2.08. The fraction of sp³-hybridized carbons (Fsp3) is 0.393. The van der Waals surface area contributed by atoms with Crippen LogP contribution in [-0.2, 0) is 0 Å². The summed E-state index contributed by atoms with van der Waals surface area (Å²) in [5.41, 5.74) is 7.86. The van der Waals surface area contributed by atoms with E-state index in [4.69, 9.17) is 7.98 Å². The van der Waals surface area contributed by atoms with Crippen LogP contribution in [0, 0.1) is 11.8 Å². The predicted molar refractivity (Wildman–Crippen MR) is 139 cm³/mol. The summed E-state index contributed by atoms with van der Waals surface area (Å²) in [6.07, 6.45) is 15.5. The summed E-state index contributed by atoms with van der Waals surface area (Å²) in [7, 11) is 6.44. The van der Waals surface area contributed by atoms with Crippen molar-refractivity contribution in [3.05, 3.63) is 83.4 Å². The lowest BCUT2D eigenvalue weighted by atomic mass is 9.95. The average Bonchev–Trinajstić information content (AvgIpc) is 3.31. The van der Waals surface area contributed by atoms with Gasteiger partial charge in [-0.15, -0.1) is 0 Å². The molecule has 4 heteroatoms. The molecule has 1 heterocycles. The van der Waals surface area contributed by atoms with Crippen molar-refractivity contribution in [3.63, 3.8) is 0 Å². The number of anilines is 1. The summed E-state index contributed by atoms with van der Waals surface area (Å²) in [5, 5.41) is 0. The Balaban J connectivity index is 1.92. The highest BCUT2D eigenvalue weighted by molar-refractivity contribution is 6.18. The molecule has 1 aromatic carbocycles. The molecule has 1 saturated carbocycles. The highest BCUT2D eigenvalue weighted by Gasteiger charge is 2.27. The molecule has 1 aliphatic rings. The van der Waals surface area contributed by atoms with Crippen LogP contribution in [0.3, 0.4) is 0 Å². The molecule has 0 bridgehead atoms. The molecule has 0 spiro atoms. The minimum atomic E-state index is 0.362. The molecule has 0 saturated heterocycles. The monoisotopic (exact) mass is 425 g/mol. The van der Waals surface area contributed by atoms with E-state index in [9.17, 15) is 0 Å². The number of hydrogen-bond acceptors (Lipinski definition) is 2. The van der Waals surface area contributed by atoms with Gasteiger partial charge in [0, 0.05) is 12.4 Å². The molecule has 166 valence electrons. The van der Waals surface area contributed by atoms with Crippen LogP contribution in [-0.4, -0.2) is 17.5 Å². The maximum atomic E-state index is 6.44. The van der Waals surface area contributed by atoms with E-state index in [0.717, 1.165) is 11.6 Å². The molecule has 1 aliphatic carbocycles. The Morgan fingerprint density at radius 2 is 1.97 bits per heavy atom. The Bertz CT molecular complexity index is 1070. The largest absolute Gasteiger partial charge is 0.375 e. The van der Waals surface area contributed by atoms with Gasteiger partial charge in [-0.05, 0) is 80.0 Å². The van der Waals surface area contributed by atoms with Gasteiger partial charge in [0.1, 0.15) is 0 Å². The van der Waals surface area contributed by atoms with Gasteiger partial charge in [0.05, 0.1) is 5.69 Å². The zero-order valence-corrected chi connectivity index (χ0v) is 20.6. The summed E-state index contributed by atoms with van der Waals surface area (Å²) in [6, 6.07) is 6.63. The summed E-state index contributed by atoms with van der Waals surface area (Å²) in [4.78, 5) is 6.18. The van der Waals surface area contributed by atoms with Crippen molar-refractivity contribution < 1.29 is 0 Å². The van der Waals surface area contributed by atoms with Crippen LogP contribution in [0.4, 0.5) is 5.95 Å². The van der Waals surface area contributed by atoms with Crippen LogP contribution in [0.1, 0.15) is 71.9 Å². The quantitative estimate of drug-likeness (QED) is 0.250. The van der Waals surface area contributed by atoms with E-state index < -0.39 is 0 Å². The van der Waals surface area contributed by atoms with E-state index in [-0.39, 0.29) is 0 Å². The average molecular weight is 425 g/mol. The van der Waals surface area contributed by atoms with Crippen LogP contribution in [0.2, 0.25) is 0 Å². The van der Waals surface area contributed by atoms with Gasteiger partial charge in [-0.25, -0.2) is 4.98 Å². The number of rotatable bonds is 8. The Hall–Kier alpha value is -2.75. The molecule has 0 amide bonds. The maximum absolute atomic E-state index is 6.44. The van der Waals surface area contributed by atoms with Gasteiger partial charge >= 0.3 is 0 Å². The molecule has 1 aromatic heterocycles. The fourth-order valence-electron chi connectivity index (χ4n) is 4.18. The van der Waals surface area contributed by atoms with Crippen molar-refractivity contribution in [1.29, 1.82) is 0 Å². The van der Waals surface area contributed by atoms with Crippen molar-refractivity contribution in [2.45, 2.75) is 60.8 Å². The minimum Gasteiger partial charge on any atom is -0.375 e. The highest BCUT2D eigenvalue weighted by atomic mass is 15.3. The second-order valence-electron chi connectivity index (χ2n) is 9.12. The zero-order valence-electron chi connectivity index (χ0n) is 20.6. The van der Waals surface area contributed by atoms with Crippen molar-refractivity contribution >= 4 is 19.5 Å². The summed E-state index contributed by atoms with van der Waals surface area (Å²) >= 11 is 0. The molecule has 2 atom stereocenters. The van der Waals surface area contributed by atoms with E-state index >= 15 is 0 Å². The van der Waals surface area contributed by atoms with Gasteiger partial charge in [0.15, 0.2) is 0 Å². The Kier molecular flexibility index (Phi) is 7.66. The number of aromatic nitrogens is 2. The van der Waals surface area contributed by atoms with Gasteiger partial charge in [-0.2, -0.15) is 0 Å². The molecular weight excluding hydrogens is 389 g/mol. The Labute approximate surface area is 195 Å². The number of benzene rings is 1. The predicted octanol–water partition coefficient (Wildman–Crippen LogP) is 7.37. The lowest BCUT2D eigenvalue weighted by molar-refractivity contribution is 0.840. The first-order valence-corrected chi connectivity index (χ1v) is 11.7. The maximum Gasteiger partial charge on any atom is 0.238 e. The Morgan fingerprint density at radius 3 is 2.56 bits per heavy atom. The minimum absolute atomic E-state index is 0.362. The summed E-state index contributed by atoms with van der Waals surface area (Å²) in [6.45, 7) is 15.3. The fourth-order valence-corrected chi connectivity index (χ4v) is 4.18.